The molecule has 4 rings (SSSR count). The summed E-state index contributed by atoms with van der Waals surface area (Å²) in [6.07, 6.45) is -0.372. The van der Waals surface area contributed by atoms with Crippen LogP contribution in [0.1, 0.15) is 80.7 Å². The summed E-state index contributed by atoms with van der Waals surface area (Å²) < 4.78 is 84.1. The van der Waals surface area contributed by atoms with E-state index in [9.17, 15) is 26.3 Å². The fourth-order valence-corrected chi connectivity index (χ4v) is 4.52. The Morgan fingerprint density at radius 1 is 1.19 bits per heavy atom. The maximum Gasteiger partial charge on any atom is 0.418 e. The maximum atomic E-state index is 13.4. The molecule has 1 aliphatic carbocycles. The summed E-state index contributed by atoms with van der Waals surface area (Å²) in [4.78, 5) is 3.79. The summed E-state index contributed by atoms with van der Waals surface area (Å²) in [5, 5.41) is 10.3. The first kappa shape index (κ1) is 28.7. The molecule has 3 unspecified atom stereocenters. The highest BCUT2D eigenvalue weighted by Gasteiger charge is 2.35. The number of halogens is 6. The molecule has 1 saturated heterocycles. The van der Waals surface area contributed by atoms with Crippen LogP contribution in [0.15, 0.2) is 30.5 Å². The standard InChI is InChI=1S/C21H22F6N4O.C5H10/c1-10-4-12(11-2-3-17(19(22)23)30-8-11)5-13(31-10)9-32-14-6-15(20(24)29)18(28)16(7-14)21(25,26)27;1-5-3-2-4-5/h2-3,6-8,10,12-13,19,29,31H,4-5,9,28H2,1H3;5H,2-4H2,1H3. The lowest BCUT2D eigenvalue weighted by Crippen LogP contribution is -2.46. The van der Waals surface area contributed by atoms with E-state index in [2.05, 4.69) is 17.2 Å². The first-order chi connectivity index (χ1) is 17.3. The third-order valence-corrected chi connectivity index (χ3v) is 6.77. The zero-order valence-electron chi connectivity index (χ0n) is 20.7. The van der Waals surface area contributed by atoms with Crippen molar-refractivity contribution in [1.82, 2.24) is 10.3 Å². The van der Waals surface area contributed by atoms with E-state index in [1.54, 1.807) is 6.07 Å². The van der Waals surface area contributed by atoms with Crippen LogP contribution in [-0.4, -0.2) is 29.6 Å². The highest BCUT2D eigenvalue weighted by molar-refractivity contribution is 5.97. The fraction of sp³-hybridized carbons (Fsp3) is 0.538. The molecule has 2 heterocycles. The Bertz CT molecular complexity index is 1060. The van der Waals surface area contributed by atoms with Crippen molar-refractivity contribution in [2.75, 3.05) is 12.3 Å². The molecule has 0 amide bonds. The number of hydrogen-bond acceptors (Lipinski definition) is 5. The average Bonchev–Trinajstić information content (AvgIpc) is 2.81. The van der Waals surface area contributed by atoms with Gasteiger partial charge < -0.3 is 15.8 Å². The molecule has 2 aliphatic rings. The van der Waals surface area contributed by atoms with Crippen LogP contribution in [0.5, 0.6) is 5.75 Å². The number of nitrogens with one attached hydrogen (secondary N) is 2. The van der Waals surface area contributed by atoms with Crippen molar-refractivity contribution in [2.24, 2.45) is 5.92 Å². The minimum Gasteiger partial charge on any atom is -0.492 e. The Labute approximate surface area is 212 Å². The molecule has 204 valence electrons. The number of anilines is 1. The summed E-state index contributed by atoms with van der Waals surface area (Å²) >= 11 is 0. The van der Waals surface area contributed by atoms with E-state index in [4.69, 9.17) is 15.9 Å². The van der Waals surface area contributed by atoms with Crippen molar-refractivity contribution in [3.05, 3.63) is 52.8 Å². The number of rotatable bonds is 6. The molecule has 1 aromatic heterocycles. The number of alkyl halides is 5. The Morgan fingerprint density at radius 2 is 1.86 bits per heavy atom. The van der Waals surface area contributed by atoms with Crippen LogP contribution >= 0.6 is 0 Å². The van der Waals surface area contributed by atoms with Gasteiger partial charge in [0.25, 0.3) is 6.43 Å². The van der Waals surface area contributed by atoms with Crippen molar-refractivity contribution >= 4 is 11.7 Å². The lowest BCUT2D eigenvalue weighted by Gasteiger charge is -2.35. The van der Waals surface area contributed by atoms with Gasteiger partial charge in [0.2, 0.25) is 5.97 Å². The van der Waals surface area contributed by atoms with Gasteiger partial charge in [-0.1, -0.05) is 32.3 Å². The van der Waals surface area contributed by atoms with Crippen LogP contribution in [0, 0.1) is 11.3 Å². The summed E-state index contributed by atoms with van der Waals surface area (Å²) in [7, 11) is 0. The number of piperidine rings is 1. The van der Waals surface area contributed by atoms with Crippen molar-refractivity contribution in [1.29, 1.82) is 5.41 Å². The molecule has 4 N–H and O–H groups in total. The molecule has 5 nitrogen and oxygen atoms in total. The zero-order valence-corrected chi connectivity index (χ0v) is 20.7. The number of aromatic nitrogens is 1. The second kappa shape index (κ2) is 12.1. The topological polar surface area (TPSA) is 84.0 Å². The van der Waals surface area contributed by atoms with Crippen LogP contribution in [-0.2, 0) is 6.18 Å². The van der Waals surface area contributed by atoms with E-state index in [0.29, 0.717) is 12.5 Å². The molecule has 0 bridgehead atoms. The summed E-state index contributed by atoms with van der Waals surface area (Å²) in [6.45, 7) is 4.21. The largest absolute Gasteiger partial charge is 0.492 e. The van der Waals surface area contributed by atoms with Gasteiger partial charge in [-0.15, -0.1) is 0 Å². The van der Waals surface area contributed by atoms with Gasteiger partial charge in [-0.3, -0.25) is 10.4 Å². The average molecular weight is 531 g/mol. The number of nitrogens with zero attached hydrogens (tertiary/aromatic N) is 1. The number of hydrogen-bond donors (Lipinski definition) is 3. The molecule has 0 radical (unpaired) electrons. The third-order valence-electron chi connectivity index (χ3n) is 6.77. The normalized spacial score (nSPS) is 22.1. The Hall–Kier alpha value is -2.82. The van der Waals surface area contributed by atoms with Gasteiger partial charge >= 0.3 is 6.18 Å². The van der Waals surface area contributed by atoms with E-state index in [0.717, 1.165) is 24.0 Å². The first-order valence-electron chi connectivity index (χ1n) is 12.2. The molecule has 0 spiro atoms. The van der Waals surface area contributed by atoms with Crippen molar-refractivity contribution in [3.8, 4) is 5.75 Å². The molecular formula is C26H32F6N4O. The van der Waals surface area contributed by atoms with E-state index < -0.39 is 35.4 Å². The number of ether oxygens (including phenoxy) is 1. The first-order valence-corrected chi connectivity index (χ1v) is 12.2. The summed E-state index contributed by atoms with van der Waals surface area (Å²) in [5.74, 6) is -0.799. The monoisotopic (exact) mass is 530 g/mol. The smallest absolute Gasteiger partial charge is 0.418 e. The molecule has 1 saturated carbocycles. The van der Waals surface area contributed by atoms with Gasteiger partial charge in [-0.2, -0.15) is 17.6 Å². The van der Waals surface area contributed by atoms with Gasteiger partial charge in [0, 0.05) is 18.3 Å². The van der Waals surface area contributed by atoms with Crippen LogP contribution < -0.4 is 15.8 Å². The van der Waals surface area contributed by atoms with Crippen molar-refractivity contribution < 1.29 is 31.1 Å². The molecule has 1 aromatic carbocycles. The molecule has 2 fully saturated rings. The van der Waals surface area contributed by atoms with Gasteiger partial charge in [0.1, 0.15) is 18.1 Å². The summed E-state index contributed by atoms with van der Waals surface area (Å²) in [5.41, 5.74) is 3.02. The van der Waals surface area contributed by atoms with Gasteiger partial charge in [-0.25, -0.2) is 8.78 Å². The highest BCUT2D eigenvalue weighted by atomic mass is 19.4. The molecule has 3 atom stereocenters. The number of pyridine rings is 1. The minimum absolute atomic E-state index is 0.00851. The van der Waals surface area contributed by atoms with Crippen LogP contribution in [0.25, 0.3) is 0 Å². The predicted molar refractivity (Wildman–Crippen MR) is 130 cm³/mol. The fourth-order valence-electron chi connectivity index (χ4n) is 4.52. The molecule has 11 heteroatoms. The maximum absolute atomic E-state index is 13.4. The third kappa shape index (κ3) is 7.83. The zero-order chi connectivity index (χ0) is 27.3. The summed E-state index contributed by atoms with van der Waals surface area (Å²) in [6, 6.07) is 4.28. The molecular weight excluding hydrogens is 498 g/mol. The van der Waals surface area contributed by atoms with Gasteiger partial charge in [0.05, 0.1) is 16.8 Å². The second-order valence-corrected chi connectivity index (χ2v) is 9.84. The Kier molecular flexibility index (Phi) is 9.44. The van der Waals surface area contributed by atoms with Gasteiger partial charge in [-0.05, 0) is 55.4 Å². The Morgan fingerprint density at radius 3 is 2.35 bits per heavy atom. The lowest BCUT2D eigenvalue weighted by molar-refractivity contribution is -0.137. The second-order valence-electron chi connectivity index (χ2n) is 9.84. The van der Waals surface area contributed by atoms with E-state index in [1.165, 1.54) is 31.5 Å². The highest BCUT2D eigenvalue weighted by Crippen LogP contribution is 2.38. The van der Waals surface area contributed by atoms with Crippen molar-refractivity contribution in [2.45, 2.75) is 76.6 Å². The number of nitrogens with two attached hydrogens (primary N) is 1. The van der Waals surface area contributed by atoms with E-state index in [-0.39, 0.29) is 36.1 Å². The Balaban J connectivity index is 0.000000678. The van der Waals surface area contributed by atoms with E-state index >= 15 is 0 Å². The minimum atomic E-state index is -4.84. The lowest BCUT2D eigenvalue weighted by atomic mass is 9.84. The van der Waals surface area contributed by atoms with Crippen LogP contribution in [0.3, 0.4) is 0 Å². The number of benzene rings is 1. The van der Waals surface area contributed by atoms with Crippen LogP contribution in [0.2, 0.25) is 0 Å². The molecule has 2 aromatic rings. The molecule has 1 aliphatic heterocycles. The van der Waals surface area contributed by atoms with Gasteiger partial charge in [0.15, 0.2) is 0 Å². The number of nitrogen functional groups attached to an aromatic ring is 1. The molecule has 37 heavy (non-hydrogen) atoms. The predicted octanol–water partition coefficient (Wildman–Crippen LogP) is 7.02. The van der Waals surface area contributed by atoms with E-state index in [1.807, 2.05) is 6.92 Å². The van der Waals surface area contributed by atoms with Crippen molar-refractivity contribution in [3.63, 3.8) is 0 Å². The SMILES string of the molecule is CC1CC(c2ccc(C(F)F)nc2)CC(COc2cc(C(=N)F)c(N)c(C(F)(F)F)c2)N1.CC1CCC1. The quantitative estimate of drug-likeness (QED) is 0.213. The van der Waals surface area contributed by atoms with Crippen LogP contribution in [0.4, 0.5) is 32.0 Å².